The zero-order chi connectivity index (χ0) is 11.1. The maximum atomic E-state index is 11.6. The van der Waals surface area contributed by atoms with E-state index < -0.39 is 0 Å². The number of carbonyl (C=O) groups is 1. The number of hydrogen-bond donors (Lipinski definition) is 0. The van der Waals surface area contributed by atoms with Gasteiger partial charge < -0.3 is 9.15 Å². The van der Waals surface area contributed by atoms with E-state index in [1.807, 2.05) is 12.1 Å². The summed E-state index contributed by atoms with van der Waals surface area (Å²) in [6.45, 7) is 0. The predicted molar refractivity (Wildman–Crippen MR) is 67.9 cm³/mol. The monoisotopic (exact) mass is 328 g/mol. The van der Waals surface area contributed by atoms with Gasteiger partial charge in [-0.25, -0.2) is 0 Å². The highest BCUT2D eigenvalue weighted by atomic mass is 127. The quantitative estimate of drug-likeness (QED) is 0.350. The van der Waals surface area contributed by atoms with E-state index in [0.717, 1.165) is 27.4 Å². The van der Waals surface area contributed by atoms with Gasteiger partial charge in [0, 0.05) is 15.9 Å². The van der Waals surface area contributed by atoms with E-state index in [2.05, 4.69) is 22.6 Å². The summed E-state index contributed by atoms with van der Waals surface area (Å²) in [5.41, 5.74) is 1.86. The van der Waals surface area contributed by atoms with Crippen LogP contribution in [0.4, 0.5) is 0 Å². The second-order valence-electron chi connectivity index (χ2n) is 3.89. The SMILES string of the molecule is O=C1Oc2cc3occc3cc2CC1CI. The Morgan fingerprint density at radius 1 is 1.44 bits per heavy atom. The molecule has 0 aliphatic carbocycles. The van der Waals surface area contributed by atoms with Crippen LogP contribution in [0.3, 0.4) is 0 Å². The van der Waals surface area contributed by atoms with Crippen molar-refractivity contribution >= 4 is 39.5 Å². The lowest BCUT2D eigenvalue weighted by Gasteiger charge is -2.21. The molecule has 1 aromatic carbocycles. The normalized spacial score (nSPS) is 19.6. The summed E-state index contributed by atoms with van der Waals surface area (Å²) in [6.07, 6.45) is 2.41. The molecule has 0 spiro atoms. The number of rotatable bonds is 1. The van der Waals surface area contributed by atoms with E-state index in [1.54, 1.807) is 12.3 Å². The molecule has 0 fully saturated rings. The van der Waals surface area contributed by atoms with Crippen LogP contribution in [-0.2, 0) is 11.2 Å². The van der Waals surface area contributed by atoms with Gasteiger partial charge >= 0.3 is 5.97 Å². The van der Waals surface area contributed by atoms with Crippen LogP contribution in [0.25, 0.3) is 11.0 Å². The Morgan fingerprint density at radius 2 is 2.31 bits per heavy atom. The molecule has 16 heavy (non-hydrogen) atoms. The fourth-order valence-electron chi connectivity index (χ4n) is 1.95. The number of furan rings is 1. The first-order chi connectivity index (χ1) is 7.78. The summed E-state index contributed by atoms with van der Waals surface area (Å²) in [5.74, 6) is 0.499. The molecular formula is C12H9IO3. The first-order valence-corrected chi connectivity index (χ1v) is 6.58. The smallest absolute Gasteiger partial charge is 0.315 e. The molecular weight excluding hydrogens is 319 g/mol. The molecule has 0 N–H and O–H groups in total. The molecule has 3 nitrogen and oxygen atoms in total. The van der Waals surface area contributed by atoms with Crippen LogP contribution < -0.4 is 4.74 Å². The van der Waals surface area contributed by atoms with Crippen molar-refractivity contribution in [1.82, 2.24) is 0 Å². The van der Waals surface area contributed by atoms with E-state index >= 15 is 0 Å². The van der Waals surface area contributed by atoms with E-state index in [0.29, 0.717) is 5.75 Å². The molecule has 0 bridgehead atoms. The third kappa shape index (κ3) is 1.52. The number of halogens is 1. The summed E-state index contributed by atoms with van der Waals surface area (Å²) < 4.78 is 11.4. The molecule has 2 aromatic rings. The summed E-state index contributed by atoms with van der Waals surface area (Å²) in [6, 6.07) is 5.76. The first-order valence-electron chi connectivity index (χ1n) is 5.05. The molecule has 0 amide bonds. The molecule has 4 heteroatoms. The number of benzene rings is 1. The van der Waals surface area contributed by atoms with Crippen LogP contribution in [0.1, 0.15) is 5.56 Å². The lowest BCUT2D eigenvalue weighted by Crippen LogP contribution is -2.28. The Morgan fingerprint density at radius 3 is 3.12 bits per heavy atom. The van der Waals surface area contributed by atoms with Crippen molar-refractivity contribution < 1.29 is 13.9 Å². The van der Waals surface area contributed by atoms with Crippen molar-refractivity contribution in [2.75, 3.05) is 4.43 Å². The first kappa shape index (κ1) is 10.1. The molecule has 1 aliphatic heterocycles. The second kappa shape index (κ2) is 3.76. The zero-order valence-corrected chi connectivity index (χ0v) is 10.6. The predicted octanol–water partition coefficient (Wildman–Crippen LogP) is 2.95. The molecule has 82 valence electrons. The van der Waals surface area contributed by atoms with Gasteiger partial charge in [-0.05, 0) is 24.1 Å². The minimum atomic E-state index is -0.132. The fourth-order valence-corrected chi connectivity index (χ4v) is 2.62. The van der Waals surface area contributed by atoms with Crippen molar-refractivity contribution in [2.24, 2.45) is 5.92 Å². The highest BCUT2D eigenvalue weighted by Gasteiger charge is 2.27. The summed E-state index contributed by atoms with van der Waals surface area (Å²) in [7, 11) is 0. The molecule has 0 radical (unpaired) electrons. The Hall–Kier alpha value is -1.04. The standard InChI is InChI=1S/C12H9IO3/c13-6-9-4-8-3-7-1-2-15-10(7)5-11(8)16-12(9)14/h1-3,5,9H,4,6H2. The number of alkyl halides is 1. The lowest BCUT2D eigenvalue weighted by atomic mass is 9.97. The van der Waals surface area contributed by atoms with Crippen molar-refractivity contribution in [3.8, 4) is 5.75 Å². The molecule has 3 rings (SSSR count). The Labute approximate surface area is 106 Å². The minimum Gasteiger partial charge on any atom is -0.464 e. The summed E-state index contributed by atoms with van der Waals surface area (Å²) in [5, 5.41) is 1.06. The number of fused-ring (bicyclic) bond motifs is 2. The second-order valence-corrected chi connectivity index (χ2v) is 4.78. The Bertz CT molecular complexity index is 558. The van der Waals surface area contributed by atoms with Crippen LogP contribution in [0.15, 0.2) is 28.9 Å². The van der Waals surface area contributed by atoms with Gasteiger partial charge in [-0.15, -0.1) is 0 Å². The Kier molecular flexibility index (Phi) is 2.38. The topological polar surface area (TPSA) is 39.4 Å². The van der Waals surface area contributed by atoms with E-state index in [-0.39, 0.29) is 11.9 Å². The molecule has 0 saturated carbocycles. The van der Waals surface area contributed by atoms with Gasteiger partial charge in [-0.1, -0.05) is 22.6 Å². The highest BCUT2D eigenvalue weighted by Crippen LogP contribution is 2.33. The summed E-state index contributed by atoms with van der Waals surface area (Å²) in [4.78, 5) is 11.6. The third-order valence-electron chi connectivity index (χ3n) is 2.83. The van der Waals surface area contributed by atoms with Gasteiger partial charge in [0.05, 0.1) is 12.2 Å². The minimum absolute atomic E-state index is 0.0162. The molecule has 1 aromatic heterocycles. The highest BCUT2D eigenvalue weighted by molar-refractivity contribution is 14.1. The number of esters is 1. The van der Waals surface area contributed by atoms with Crippen molar-refractivity contribution in [3.05, 3.63) is 30.0 Å². The van der Waals surface area contributed by atoms with Crippen LogP contribution in [0.5, 0.6) is 5.75 Å². The van der Waals surface area contributed by atoms with Crippen molar-refractivity contribution in [2.45, 2.75) is 6.42 Å². The van der Waals surface area contributed by atoms with E-state index in [4.69, 9.17) is 9.15 Å². The van der Waals surface area contributed by atoms with Crippen LogP contribution in [0.2, 0.25) is 0 Å². The maximum absolute atomic E-state index is 11.6. The van der Waals surface area contributed by atoms with Crippen LogP contribution in [-0.4, -0.2) is 10.4 Å². The Balaban J connectivity index is 2.12. The van der Waals surface area contributed by atoms with Crippen LogP contribution >= 0.6 is 22.6 Å². The molecule has 0 saturated heterocycles. The van der Waals surface area contributed by atoms with Gasteiger partial charge in [-0.3, -0.25) is 4.79 Å². The van der Waals surface area contributed by atoms with E-state index in [9.17, 15) is 4.79 Å². The average molecular weight is 328 g/mol. The van der Waals surface area contributed by atoms with Gasteiger partial charge in [0.1, 0.15) is 11.3 Å². The van der Waals surface area contributed by atoms with Crippen molar-refractivity contribution in [1.29, 1.82) is 0 Å². The van der Waals surface area contributed by atoms with E-state index in [1.165, 1.54) is 0 Å². The fraction of sp³-hybridized carbons (Fsp3) is 0.250. The lowest BCUT2D eigenvalue weighted by molar-refractivity contribution is -0.139. The molecule has 2 heterocycles. The molecule has 1 aliphatic rings. The van der Waals surface area contributed by atoms with Gasteiger partial charge in [0.25, 0.3) is 0 Å². The van der Waals surface area contributed by atoms with Crippen LogP contribution in [0, 0.1) is 5.92 Å². The third-order valence-corrected chi connectivity index (χ3v) is 3.90. The molecule has 1 atom stereocenters. The number of ether oxygens (including phenoxy) is 1. The number of hydrogen-bond acceptors (Lipinski definition) is 3. The number of carbonyl (C=O) groups excluding carboxylic acids is 1. The average Bonchev–Trinajstić information content (AvgIpc) is 2.72. The zero-order valence-electron chi connectivity index (χ0n) is 8.40. The largest absolute Gasteiger partial charge is 0.464 e. The van der Waals surface area contributed by atoms with Gasteiger partial charge in [0.2, 0.25) is 0 Å². The summed E-state index contributed by atoms with van der Waals surface area (Å²) >= 11 is 2.22. The van der Waals surface area contributed by atoms with Gasteiger partial charge in [0.15, 0.2) is 0 Å². The maximum Gasteiger partial charge on any atom is 0.315 e. The van der Waals surface area contributed by atoms with Crippen molar-refractivity contribution in [3.63, 3.8) is 0 Å². The molecule has 1 unspecified atom stereocenters. The van der Waals surface area contributed by atoms with Gasteiger partial charge in [-0.2, -0.15) is 0 Å².